The number of aromatic amines is 2. The number of carboxylic acid groups (broad SMARTS) is 1. The van der Waals surface area contributed by atoms with Crippen molar-refractivity contribution in [3.05, 3.63) is 84.1 Å². The first-order valence-electron chi connectivity index (χ1n) is 13.4. The van der Waals surface area contributed by atoms with Crippen LogP contribution in [-0.4, -0.2) is 78.8 Å². The van der Waals surface area contributed by atoms with Crippen LogP contribution in [0.4, 0.5) is 0 Å². The summed E-state index contributed by atoms with van der Waals surface area (Å²) in [5.74, 6) is -3.23. The molecule has 13 nitrogen and oxygen atoms in total. The zero-order chi connectivity index (χ0) is 30.9. The molecule has 14 heteroatoms. The van der Waals surface area contributed by atoms with E-state index >= 15 is 0 Å². The molecule has 0 saturated carbocycles. The third-order valence-electron chi connectivity index (χ3n) is 6.87. The second-order valence-corrected chi connectivity index (χ2v) is 10.4. The van der Waals surface area contributed by atoms with Crippen molar-refractivity contribution in [1.29, 1.82) is 0 Å². The monoisotopic (exact) mass is 607 g/mol. The number of para-hydroxylation sites is 1. The molecule has 0 aliphatic heterocycles. The maximum absolute atomic E-state index is 13.6. The Labute approximate surface area is 252 Å². The van der Waals surface area contributed by atoms with Crippen molar-refractivity contribution in [2.45, 2.75) is 43.4 Å². The maximum atomic E-state index is 13.6. The first kappa shape index (κ1) is 31.1. The van der Waals surface area contributed by atoms with Gasteiger partial charge in [-0.05, 0) is 29.3 Å². The zero-order valence-corrected chi connectivity index (χ0v) is 23.9. The SMILES string of the molecule is NC(CS)C(=O)NC(Cc1ccc(O)cc1)C(=O)NC(Cc1cnc[nH]1)C(=O)NC(Cc1c[nH]c2ccccc12)C(=O)O. The molecule has 43 heavy (non-hydrogen) atoms. The lowest BCUT2D eigenvalue weighted by Crippen LogP contribution is -2.58. The van der Waals surface area contributed by atoms with Crippen molar-refractivity contribution in [3.63, 3.8) is 0 Å². The van der Waals surface area contributed by atoms with Crippen LogP contribution in [0.5, 0.6) is 5.75 Å². The molecule has 4 atom stereocenters. The molecule has 0 aliphatic rings. The number of imidazole rings is 1. The Bertz CT molecular complexity index is 1560. The number of rotatable bonds is 14. The quantitative estimate of drug-likeness (QED) is 0.0914. The van der Waals surface area contributed by atoms with Gasteiger partial charge in [-0.15, -0.1) is 0 Å². The van der Waals surface area contributed by atoms with Crippen LogP contribution < -0.4 is 21.7 Å². The molecule has 0 fully saturated rings. The molecule has 3 amide bonds. The number of nitrogens with one attached hydrogen (secondary N) is 5. The highest BCUT2D eigenvalue weighted by Crippen LogP contribution is 2.19. The van der Waals surface area contributed by atoms with E-state index in [0.29, 0.717) is 16.8 Å². The first-order chi connectivity index (χ1) is 20.6. The van der Waals surface area contributed by atoms with E-state index in [9.17, 15) is 29.4 Å². The zero-order valence-electron chi connectivity index (χ0n) is 23.0. The predicted octanol–water partition coefficient (Wildman–Crippen LogP) is 0.421. The predicted molar refractivity (Wildman–Crippen MR) is 161 cm³/mol. The number of aromatic hydroxyl groups is 1. The minimum absolute atomic E-state index is 0.00301. The van der Waals surface area contributed by atoms with Gasteiger partial charge < -0.3 is 41.9 Å². The topological polar surface area (TPSA) is 215 Å². The van der Waals surface area contributed by atoms with Crippen molar-refractivity contribution >= 4 is 47.2 Å². The van der Waals surface area contributed by atoms with Crippen LogP contribution in [0.15, 0.2) is 67.3 Å². The van der Waals surface area contributed by atoms with Gasteiger partial charge >= 0.3 is 5.97 Å². The number of H-pyrrole nitrogens is 2. The molecule has 0 bridgehead atoms. The average molecular weight is 608 g/mol. The molecule has 2 aromatic carbocycles. The number of carbonyl (C=O) groups is 4. The van der Waals surface area contributed by atoms with Gasteiger partial charge in [-0.25, -0.2) is 9.78 Å². The van der Waals surface area contributed by atoms with Gasteiger partial charge in [0.1, 0.15) is 23.9 Å². The van der Waals surface area contributed by atoms with Crippen molar-refractivity contribution < 1.29 is 29.4 Å². The molecule has 0 spiro atoms. The first-order valence-corrected chi connectivity index (χ1v) is 14.1. The molecule has 0 radical (unpaired) electrons. The fraction of sp³-hybridized carbons (Fsp3) is 0.276. The highest BCUT2D eigenvalue weighted by molar-refractivity contribution is 7.80. The Morgan fingerprint density at radius 3 is 2.16 bits per heavy atom. The number of amides is 3. The lowest BCUT2D eigenvalue weighted by molar-refractivity contribution is -0.142. The number of aromatic nitrogens is 3. The van der Waals surface area contributed by atoms with Crippen LogP contribution in [0.1, 0.15) is 16.8 Å². The van der Waals surface area contributed by atoms with Crippen LogP contribution in [0.3, 0.4) is 0 Å². The number of benzene rings is 2. The molecule has 9 N–H and O–H groups in total. The van der Waals surface area contributed by atoms with E-state index in [1.807, 2.05) is 24.3 Å². The number of phenols is 1. The second kappa shape index (κ2) is 14.4. The number of carbonyl (C=O) groups excluding carboxylic acids is 3. The Morgan fingerprint density at radius 1 is 0.860 bits per heavy atom. The van der Waals surface area contributed by atoms with Gasteiger partial charge in [0.05, 0.1) is 12.4 Å². The fourth-order valence-corrected chi connectivity index (χ4v) is 4.70. The van der Waals surface area contributed by atoms with E-state index in [2.05, 4.69) is 43.5 Å². The number of nitrogens with two attached hydrogens (primary N) is 1. The summed E-state index contributed by atoms with van der Waals surface area (Å²) in [4.78, 5) is 61.8. The largest absolute Gasteiger partial charge is 0.508 e. The maximum Gasteiger partial charge on any atom is 0.326 e. The van der Waals surface area contributed by atoms with Gasteiger partial charge in [-0.2, -0.15) is 12.6 Å². The van der Waals surface area contributed by atoms with Gasteiger partial charge in [0.15, 0.2) is 0 Å². The van der Waals surface area contributed by atoms with Gasteiger partial charge in [0.2, 0.25) is 17.7 Å². The van der Waals surface area contributed by atoms with Crippen LogP contribution in [0.2, 0.25) is 0 Å². The van der Waals surface area contributed by atoms with E-state index in [1.165, 1.54) is 24.7 Å². The minimum Gasteiger partial charge on any atom is -0.508 e. The van der Waals surface area contributed by atoms with E-state index in [0.717, 1.165) is 10.9 Å². The van der Waals surface area contributed by atoms with Crippen LogP contribution in [0.25, 0.3) is 10.9 Å². The van der Waals surface area contributed by atoms with Crippen LogP contribution >= 0.6 is 12.6 Å². The second-order valence-electron chi connectivity index (χ2n) is 10.0. The molecule has 4 unspecified atom stereocenters. The Morgan fingerprint density at radius 2 is 1.51 bits per heavy atom. The number of nitrogens with zero attached hydrogens (tertiary/aromatic N) is 1. The highest BCUT2D eigenvalue weighted by Gasteiger charge is 2.31. The Kier molecular flexibility index (Phi) is 10.4. The average Bonchev–Trinajstić information content (AvgIpc) is 3.66. The third kappa shape index (κ3) is 8.36. The summed E-state index contributed by atoms with van der Waals surface area (Å²) in [5, 5.41) is 28.2. The van der Waals surface area contributed by atoms with Gasteiger partial charge in [-0.3, -0.25) is 14.4 Å². The van der Waals surface area contributed by atoms with Crippen molar-refractivity contribution in [2.75, 3.05) is 5.75 Å². The van der Waals surface area contributed by atoms with Gasteiger partial charge in [0, 0.05) is 54.0 Å². The number of hydrogen-bond acceptors (Lipinski definition) is 8. The van der Waals surface area contributed by atoms with Crippen LogP contribution in [0, 0.1) is 0 Å². The van der Waals surface area contributed by atoms with Gasteiger partial charge in [0.25, 0.3) is 0 Å². The number of carboxylic acids is 1. The Hall–Kier alpha value is -4.82. The molecule has 4 rings (SSSR count). The third-order valence-corrected chi connectivity index (χ3v) is 7.26. The molecule has 2 heterocycles. The summed E-state index contributed by atoms with van der Waals surface area (Å²) in [6.07, 6.45) is 4.57. The highest BCUT2D eigenvalue weighted by atomic mass is 32.1. The molecular weight excluding hydrogens is 574 g/mol. The summed E-state index contributed by atoms with van der Waals surface area (Å²) in [6.45, 7) is 0. The van der Waals surface area contributed by atoms with Crippen molar-refractivity contribution in [3.8, 4) is 5.75 Å². The smallest absolute Gasteiger partial charge is 0.326 e. The number of thiol groups is 1. The van der Waals surface area contributed by atoms with E-state index < -0.39 is 47.9 Å². The summed E-state index contributed by atoms with van der Waals surface area (Å²) < 4.78 is 0. The molecule has 2 aromatic heterocycles. The van der Waals surface area contributed by atoms with Crippen molar-refractivity contribution in [1.82, 2.24) is 30.9 Å². The lowest BCUT2D eigenvalue weighted by atomic mass is 10.0. The molecular formula is C29H33N7O6S. The van der Waals surface area contributed by atoms with Gasteiger partial charge in [-0.1, -0.05) is 30.3 Å². The summed E-state index contributed by atoms with van der Waals surface area (Å²) in [5.41, 5.74) is 8.47. The van der Waals surface area contributed by atoms with Crippen molar-refractivity contribution in [2.24, 2.45) is 5.73 Å². The molecule has 0 saturated heterocycles. The minimum atomic E-state index is -1.30. The summed E-state index contributed by atoms with van der Waals surface area (Å²) in [6, 6.07) is 8.82. The standard InChI is InChI=1S/C29H33N7O6S/c30-21(14-43)26(38)34-23(9-16-5-7-19(37)8-6-16)27(39)35-24(11-18-13-31-15-33-18)28(40)36-25(29(41)42)10-17-12-32-22-4-2-1-3-20(17)22/h1-8,12-13,15,21,23-25,32,37,43H,9-11,14,30H2,(H,31,33)(H,34,38)(H,35,39)(H,36,40)(H,41,42). The van der Waals surface area contributed by atoms with Crippen LogP contribution in [-0.2, 0) is 38.4 Å². The number of phenolic OH excluding ortho intramolecular Hbond substituents is 1. The molecule has 0 aliphatic carbocycles. The summed E-state index contributed by atoms with van der Waals surface area (Å²) >= 11 is 4.04. The summed E-state index contributed by atoms with van der Waals surface area (Å²) in [7, 11) is 0. The number of aliphatic carboxylic acids is 1. The number of fused-ring (bicyclic) bond motifs is 1. The van der Waals surface area contributed by atoms with E-state index in [4.69, 9.17) is 5.73 Å². The number of hydrogen-bond donors (Lipinski definition) is 9. The lowest BCUT2D eigenvalue weighted by Gasteiger charge is -2.25. The fourth-order valence-electron chi connectivity index (χ4n) is 4.53. The van der Waals surface area contributed by atoms with E-state index in [-0.39, 0.29) is 30.8 Å². The molecule has 4 aromatic rings. The Balaban J connectivity index is 1.54. The van der Waals surface area contributed by atoms with E-state index in [1.54, 1.807) is 18.3 Å². The molecule has 226 valence electrons. The normalized spacial score (nSPS) is 13.9.